The summed E-state index contributed by atoms with van der Waals surface area (Å²) in [6, 6.07) is 14.1. The van der Waals surface area contributed by atoms with Gasteiger partial charge in [0.1, 0.15) is 12.2 Å². The first-order valence-electron chi connectivity index (χ1n) is 10.2. The van der Waals surface area contributed by atoms with E-state index < -0.39 is 35.3 Å². The molecule has 0 saturated heterocycles. The largest absolute Gasteiger partial charge is 0.505 e. The predicted molar refractivity (Wildman–Crippen MR) is 125 cm³/mol. The van der Waals surface area contributed by atoms with Gasteiger partial charge in [-0.25, -0.2) is 4.68 Å². The van der Waals surface area contributed by atoms with Crippen molar-refractivity contribution in [2.75, 3.05) is 6.54 Å². The molecule has 0 fully saturated rings. The fourth-order valence-electron chi connectivity index (χ4n) is 3.23. The van der Waals surface area contributed by atoms with Crippen molar-refractivity contribution < 1.29 is 19.8 Å². The molecule has 0 saturated carbocycles. The molecule has 0 aliphatic carbocycles. The number of rotatable bonds is 6. The minimum absolute atomic E-state index is 0.0163. The molecular weight excluding hydrogens is 446 g/mol. The lowest BCUT2D eigenvalue weighted by atomic mass is 9.86. The van der Waals surface area contributed by atoms with Crippen LogP contribution >= 0.6 is 11.6 Å². The lowest BCUT2D eigenvalue weighted by molar-refractivity contribution is -0.135. The molecule has 0 radical (unpaired) electrons. The molecule has 9 heteroatoms. The summed E-state index contributed by atoms with van der Waals surface area (Å²) < 4.78 is 1.03. The highest BCUT2D eigenvalue weighted by Crippen LogP contribution is 2.31. The lowest BCUT2D eigenvalue weighted by Crippen LogP contribution is -2.37. The summed E-state index contributed by atoms with van der Waals surface area (Å²) in [6.07, 6.45) is 0. The summed E-state index contributed by atoms with van der Waals surface area (Å²) in [4.78, 5) is 36.5. The smallest absolute Gasteiger partial charge is 0.322 e. The molecule has 0 spiro atoms. The van der Waals surface area contributed by atoms with Crippen LogP contribution in [0.1, 0.15) is 42.3 Å². The number of amides is 1. The number of hydrogen-bond acceptors (Lipinski definition) is 5. The first-order valence-corrected chi connectivity index (χ1v) is 10.5. The van der Waals surface area contributed by atoms with Crippen molar-refractivity contribution in [2.45, 2.75) is 32.7 Å². The van der Waals surface area contributed by atoms with Crippen LogP contribution in [0.3, 0.4) is 0 Å². The van der Waals surface area contributed by atoms with Crippen molar-refractivity contribution in [1.82, 2.24) is 15.1 Å². The van der Waals surface area contributed by atoms with Crippen LogP contribution in [0.5, 0.6) is 5.75 Å². The molecule has 1 amide bonds. The van der Waals surface area contributed by atoms with Gasteiger partial charge < -0.3 is 15.5 Å². The Morgan fingerprint density at radius 2 is 1.73 bits per heavy atom. The SMILES string of the molecule is CC(C)(C)c1ccc(-c2nn(Cc3ccccc3Cl)c(=O)c(C(=O)NCC(=O)O)c2O)cc1. The van der Waals surface area contributed by atoms with Gasteiger partial charge in [-0.05, 0) is 22.6 Å². The van der Waals surface area contributed by atoms with Crippen molar-refractivity contribution in [3.8, 4) is 17.0 Å². The van der Waals surface area contributed by atoms with E-state index in [2.05, 4.69) is 31.2 Å². The number of nitrogens with zero attached hydrogens (tertiary/aromatic N) is 2. The highest BCUT2D eigenvalue weighted by Gasteiger charge is 2.25. The van der Waals surface area contributed by atoms with E-state index in [9.17, 15) is 19.5 Å². The van der Waals surface area contributed by atoms with E-state index >= 15 is 0 Å². The molecule has 33 heavy (non-hydrogen) atoms. The number of aliphatic carboxylic acids is 1. The Bertz CT molecular complexity index is 1260. The Kier molecular flexibility index (Phi) is 6.88. The number of hydrogen-bond donors (Lipinski definition) is 3. The number of carboxylic acid groups (broad SMARTS) is 1. The average molecular weight is 470 g/mol. The quantitative estimate of drug-likeness (QED) is 0.508. The summed E-state index contributed by atoms with van der Waals surface area (Å²) in [7, 11) is 0. The number of carbonyl (C=O) groups is 2. The average Bonchev–Trinajstić information content (AvgIpc) is 2.75. The highest BCUT2D eigenvalue weighted by atomic mass is 35.5. The van der Waals surface area contributed by atoms with Gasteiger partial charge in [-0.2, -0.15) is 5.10 Å². The molecule has 3 N–H and O–H groups in total. The third-order valence-electron chi connectivity index (χ3n) is 5.06. The first kappa shape index (κ1) is 24.0. The normalized spacial score (nSPS) is 11.3. The van der Waals surface area contributed by atoms with Gasteiger partial charge in [-0.3, -0.25) is 14.4 Å². The molecule has 0 bridgehead atoms. The molecule has 1 heterocycles. The van der Waals surface area contributed by atoms with Gasteiger partial charge in [0.25, 0.3) is 11.5 Å². The molecule has 0 aliphatic heterocycles. The maximum absolute atomic E-state index is 13.0. The van der Waals surface area contributed by atoms with Gasteiger partial charge >= 0.3 is 5.97 Å². The second-order valence-corrected chi connectivity index (χ2v) is 8.94. The fourth-order valence-corrected chi connectivity index (χ4v) is 3.42. The second kappa shape index (κ2) is 9.46. The van der Waals surface area contributed by atoms with E-state index in [0.717, 1.165) is 10.2 Å². The number of benzene rings is 2. The Morgan fingerprint density at radius 3 is 2.30 bits per heavy atom. The van der Waals surface area contributed by atoms with E-state index in [1.807, 2.05) is 12.1 Å². The number of carboxylic acids is 1. The number of aromatic nitrogens is 2. The van der Waals surface area contributed by atoms with Crippen molar-refractivity contribution in [3.05, 3.63) is 80.6 Å². The zero-order chi connectivity index (χ0) is 24.3. The van der Waals surface area contributed by atoms with E-state index in [1.54, 1.807) is 36.4 Å². The van der Waals surface area contributed by atoms with Crippen molar-refractivity contribution in [1.29, 1.82) is 0 Å². The summed E-state index contributed by atoms with van der Waals surface area (Å²) in [6.45, 7) is 5.43. The van der Waals surface area contributed by atoms with Crippen LogP contribution in [0.25, 0.3) is 11.3 Å². The lowest BCUT2D eigenvalue weighted by Gasteiger charge is -2.19. The third-order valence-corrected chi connectivity index (χ3v) is 5.43. The Hall–Kier alpha value is -3.65. The fraction of sp³-hybridized carbons (Fsp3) is 0.250. The van der Waals surface area contributed by atoms with Crippen LogP contribution < -0.4 is 10.9 Å². The number of aromatic hydroxyl groups is 1. The summed E-state index contributed by atoms with van der Waals surface area (Å²) >= 11 is 6.22. The Balaban J connectivity index is 2.16. The molecule has 1 aromatic heterocycles. The van der Waals surface area contributed by atoms with Gasteiger partial charge in [-0.15, -0.1) is 0 Å². The second-order valence-electron chi connectivity index (χ2n) is 8.53. The molecule has 2 aromatic carbocycles. The van der Waals surface area contributed by atoms with Gasteiger partial charge in [0, 0.05) is 10.6 Å². The summed E-state index contributed by atoms with van der Waals surface area (Å²) in [5.41, 5.74) is 0.584. The van der Waals surface area contributed by atoms with Crippen molar-refractivity contribution in [3.63, 3.8) is 0 Å². The van der Waals surface area contributed by atoms with Crippen LogP contribution in [0, 0.1) is 0 Å². The number of carbonyl (C=O) groups excluding carboxylic acids is 1. The molecule has 3 aromatic rings. The van der Waals surface area contributed by atoms with E-state index in [-0.39, 0.29) is 17.7 Å². The van der Waals surface area contributed by atoms with Gasteiger partial charge in [-0.1, -0.05) is 74.8 Å². The van der Waals surface area contributed by atoms with Gasteiger partial charge in [0.15, 0.2) is 11.3 Å². The molecule has 3 rings (SSSR count). The van der Waals surface area contributed by atoms with Crippen LogP contribution in [0.15, 0.2) is 53.3 Å². The van der Waals surface area contributed by atoms with Crippen LogP contribution in [-0.2, 0) is 16.8 Å². The Morgan fingerprint density at radius 1 is 1.09 bits per heavy atom. The highest BCUT2D eigenvalue weighted by molar-refractivity contribution is 6.31. The standard InChI is InChI=1S/C24H24ClN3O5/c1-24(2,3)16-10-8-14(9-11-16)20-21(31)19(22(32)26-12-18(29)30)23(33)28(27-20)13-15-6-4-5-7-17(15)25/h4-11,31H,12-13H2,1-3H3,(H,26,32)(H,29,30). The minimum atomic E-state index is -1.29. The zero-order valence-electron chi connectivity index (χ0n) is 18.4. The molecule has 0 unspecified atom stereocenters. The van der Waals surface area contributed by atoms with Crippen LogP contribution in [0.2, 0.25) is 5.02 Å². The van der Waals surface area contributed by atoms with Gasteiger partial charge in [0.05, 0.1) is 6.54 Å². The molecule has 0 aliphatic rings. The Labute approximate surface area is 195 Å². The number of halogens is 1. The maximum Gasteiger partial charge on any atom is 0.322 e. The molecule has 8 nitrogen and oxygen atoms in total. The maximum atomic E-state index is 13.0. The monoisotopic (exact) mass is 469 g/mol. The molecule has 0 atom stereocenters. The third kappa shape index (κ3) is 5.40. The number of nitrogens with one attached hydrogen (secondary N) is 1. The summed E-state index contributed by atoms with van der Waals surface area (Å²) in [5, 5.41) is 26.5. The van der Waals surface area contributed by atoms with Crippen molar-refractivity contribution in [2.24, 2.45) is 0 Å². The molecule has 172 valence electrons. The predicted octanol–water partition coefficient (Wildman–Crippen LogP) is 3.43. The molecular formula is C24H24ClN3O5. The first-order chi connectivity index (χ1) is 15.5. The van der Waals surface area contributed by atoms with Crippen molar-refractivity contribution >= 4 is 23.5 Å². The topological polar surface area (TPSA) is 122 Å². The van der Waals surface area contributed by atoms with E-state index in [4.69, 9.17) is 16.7 Å². The minimum Gasteiger partial charge on any atom is -0.505 e. The summed E-state index contributed by atoms with van der Waals surface area (Å²) in [5.74, 6) is -2.92. The van der Waals surface area contributed by atoms with E-state index in [1.165, 1.54) is 0 Å². The zero-order valence-corrected chi connectivity index (χ0v) is 19.2. The van der Waals surface area contributed by atoms with Crippen LogP contribution in [0.4, 0.5) is 0 Å². The van der Waals surface area contributed by atoms with Crippen LogP contribution in [-0.4, -0.2) is 38.4 Å². The van der Waals surface area contributed by atoms with Gasteiger partial charge in [0.2, 0.25) is 0 Å². The van der Waals surface area contributed by atoms with E-state index in [0.29, 0.717) is 16.1 Å².